The van der Waals surface area contributed by atoms with Crippen LogP contribution in [-0.4, -0.2) is 30.2 Å². The summed E-state index contributed by atoms with van der Waals surface area (Å²) in [4.78, 5) is 27.1. The van der Waals surface area contributed by atoms with Crippen molar-refractivity contribution in [1.29, 1.82) is 0 Å². The van der Waals surface area contributed by atoms with E-state index in [1.54, 1.807) is 13.4 Å². The SMILES string of the molecule is COc1cc(CCCCC2NC(=O)OC2=O)ccc1OCc1coc(C=Cc2ccc3ccccc3c2)n1. The number of hydrogen-bond donors (Lipinski definition) is 1. The normalized spacial score (nSPS) is 15.1. The number of benzene rings is 3. The highest BCUT2D eigenvalue weighted by Crippen LogP contribution is 2.29. The van der Waals surface area contributed by atoms with E-state index in [2.05, 4.69) is 45.4 Å². The van der Waals surface area contributed by atoms with Gasteiger partial charge >= 0.3 is 12.1 Å². The van der Waals surface area contributed by atoms with Crippen molar-refractivity contribution in [1.82, 2.24) is 10.3 Å². The van der Waals surface area contributed by atoms with E-state index in [0.29, 0.717) is 29.5 Å². The van der Waals surface area contributed by atoms with Gasteiger partial charge in [0.1, 0.15) is 24.6 Å². The lowest BCUT2D eigenvalue weighted by atomic mass is 10.0. The molecule has 4 aromatic rings. The predicted octanol–water partition coefficient (Wildman–Crippen LogP) is 5.93. The summed E-state index contributed by atoms with van der Waals surface area (Å²) in [6.07, 6.45) is 7.74. The minimum absolute atomic E-state index is 0.242. The molecule has 1 aromatic heterocycles. The number of carbonyl (C=O) groups excluding carboxylic acids is 2. The Bertz CT molecular complexity index is 1470. The van der Waals surface area contributed by atoms with Crippen LogP contribution in [0.1, 0.15) is 42.0 Å². The van der Waals surface area contributed by atoms with E-state index in [0.717, 1.165) is 30.4 Å². The summed E-state index contributed by atoms with van der Waals surface area (Å²) in [7, 11) is 1.60. The fourth-order valence-electron chi connectivity index (χ4n) is 4.34. The van der Waals surface area contributed by atoms with Crippen molar-refractivity contribution in [3.05, 3.63) is 89.6 Å². The second-order valence-electron chi connectivity index (χ2n) is 9.04. The average molecular weight is 513 g/mol. The van der Waals surface area contributed by atoms with Gasteiger partial charge in [-0.2, -0.15) is 0 Å². The number of ether oxygens (including phenoxy) is 3. The topological polar surface area (TPSA) is 99.9 Å². The van der Waals surface area contributed by atoms with E-state index < -0.39 is 18.1 Å². The van der Waals surface area contributed by atoms with E-state index in [-0.39, 0.29) is 6.61 Å². The second-order valence-corrected chi connectivity index (χ2v) is 9.04. The number of unbranched alkanes of at least 4 members (excludes halogenated alkanes) is 1. The van der Waals surface area contributed by atoms with Crippen LogP contribution in [0.15, 0.2) is 71.3 Å². The van der Waals surface area contributed by atoms with Crippen molar-refractivity contribution in [3.63, 3.8) is 0 Å². The van der Waals surface area contributed by atoms with Gasteiger partial charge in [0.15, 0.2) is 11.5 Å². The molecule has 1 aliphatic heterocycles. The van der Waals surface area contributed by atoms with Gasteiger partial charge in [0.25, 0.3) is 0 Å². The number of fused-ring (bicyclic) bond motifs is 1. The van der Waals surface area contributed by atoms with Crippen LogP contribution in [0.2, 0.25) is 0 Å². The van der Waals surface area contributed by atoms with E-state index in [1.807, 2.05) is 42.5 Å². The first-order valence-corrected chi connectivity index (χ1v) is 12.5. The van der Waals surface area contributed by atoms with Crippen molar-refractivity contribution < 1.29 is 28.2 Å². The quantitative estimate of drug-likeness (QED) is 0.151. The first kappa shape index (κ1) is 25.1. The maximum absolute atomic E-state index is 11.5. The number of cyclic esters (lactones) is 2. The molecular formula is C30H28N2O6. The van der Waals surface area contributed by atoms with Gasteiger partial charge < -0.3 is 23.9 Å². The molecule has 0 bridgehead atoms. The summed E-state index contributed by atoms with van der Waals surface area (Å²) in [5.41, 5.74) is 2.83. The molecule has 1 atom stereocenters. The van der Waals surface area contributed by atoms with Gasteiger partial charge in [-0.3, -0.25) is 0 Å². The molecular weight excluding hydrogens is 484 g/mol. The Balaban J connectivity index is 1.12. The van der Waals surface area contributed by atoms with Gasteiger partial charge in [-0.15, -0.1) is 0 Å². The molecule has 2 heterocycles. The molecule has 1 N–H and O–H groups in total. The van der Waals surface area contributed by atoms with Crippen LogP contribution in [0.5, 0.6) is 11.5 Å². The molecule has 0 aliphatic carbocycles. The van der Waals surface area contributed by atoms with Gasteiger partial charge in [-0.1, -0.05) is 48.9 Å². The summed E-state index contributed by atoms with van der Waals surface area (Å²) in [5.74, 6) is 1.25. The summed E-state index contributed by atoms with van der Waals surface area (Å²) < 4.78 is 21.5. The predicted molar refractivity (Wildman–Crippen MR) is 143 cm³/mol. The van der Waals surface area contributed by atoms with Gasteiger partial charge in [-0.05, 0) is 65.4 Å². The Hall–Kier alpha value is -4.59. The zero-order valence-corrected chi connectivity index (χ0v) is 21.0. The number of methoxy groups -OCH3 is 1. The third-order valence-corrected chi connectivity index (χ3v) is 6.34. The first-order chi connectivity index (χ1) is 18.6. The highest BCUT2D eigenvalue weighted by molar-refractivity contribution is 5.95. The molecule has 1 amide bonds. The number of hydrogen-bond acceptors (Lipinski definition) is 7. The van der Waals surface area contributed by atoms with Crippen molar-refractivity contribution in [3.8, 4) is 11.5 Å². The lowest BCUT2D eigenvalue weighted by Crippen LogP contribution is -2.28. The van der Waals surface area contributed by atoms with Gasteiger partial charge in [0, 0.05) is 6.08 Å². The molecule has 0 radical (unpaired) electrons. The number of carbonyl (C=O) groups is 2. The minimum atomic E-state index is -0.667. The van der Waals surface area contributed by atoms with Crippen LogP contribution in [0, 0.1) is 0 Å². The molecule has 1 unspecified atom stereocenters. The number of nitrogens with one attached hydrogen (secondary N) is 1. The minimum Gasteiger partial charge on any atom is -0.493 e. The fourth-order valence-corrected chi connectivity index (χ4v) is 4.34. The Labute approximate surface area is 220 Å². The second kappa shape index (κ2) is 11.6. The number of rotatable bonds is 11. The largest absolute Gasteiger partial charge is 0.493 e. The molecule has 194 valence electrons. The molecule has 0 spiro atoms. The summed E-state index contributed by atoms with van der Waals surface area (Å²) in [6, 6.07) is 19.8. The van der Waals surface area contributed by atoms with Crippen LogP contribution in [0.3, 0.4) is 0 Å². The maximum atomic E-state index is 11.5. The standard InChI is InChI=1S/C30H28N2O6/c1-35-27-17-20(6-2-5-9-25-29(33)38-30(34)32-25)11-14-26(27)36-18-24-19-37-28(31-24)15-12-21-10-13-22-7-3-4-8-23(22)16-21/h3-4,7-8,10-17,19,25H,2,5-6,9,18H2,1H3,(H,32,34). The lowest BCUT2D eigenvalue weighted by molar-refractivity contribution is -0.135. The van der Waals surface area contributed by atoms with Crippen LogP contribution >= 0.6 is 0 Å². The Kier molecular flexibility index (Phi) is 7.68. The number of nitrogens with zero attached hydrogens (tertiary/aromatic N) is 1. The van der Waals surface area contributed by atoms with Crippen LogP contribution in [-0.2, 0) is 22.6 Å². The third-order valence-electron chi connectivity index (χ3n) is 6.34. The van der Waals surface area contributed by atoms with E-state index in [1.165, 1.54) is 10.8 Å². The number of oxazole rings is 1. The number of aromatic nitrogens is 1. The highest BCUT2D eigenvalue weighted by Gasteiger charge is 2.31. The molecule has 3 aromatic carbocycles. The molecule has 1 aliphatic rings. The monoisotopic (exact) mass is 512 g/mol. The molecule has 0 saturated carbocycles. The first-order valence-electron chi connectivity index (χ1n) is 12.5. The lowest BCUT2D eigenvalue weighted by Gasteiger charge is -2.12. The van der Waals surface area contributed by atoms with Gasteiger partial charge in [-0.25, -0.2) is 14.6 Å². The summed E-state index contributed by atoms with van der Waals surface area (Å²) in [6.45, 7) is 0.242. The molecule has 38 heavy (non-hydrogen) atoms. The Morgan fingerprint density at radius 3 is 2.66 bits per heavy atom. The van der Waals surface area contributed by atoms with Crippen molar-refractivity contribution in [2.45, 2.75) is 38.3 Å². The molecule has 8 nitrogen and oxygen atoms in total. The molecule has 8 heteroatoms. The summed E-state index contributed by atoms with van der Waals surface area (Å²) in [5, 5.41) is 4.90. The molecule has 1 fully saturated rings. The zero-order chi connectivity index (χ0) is 26.3. The molecule has 5 rings (SSSR count). The third kappa shape index (κ3) is 6.21. The highest BCUT2D eigenvalue weighted by atomic mass is 16.6. The van der Waals surface area contributed by atoms with E-state index in [9.17, 15) is 9.59 Å². The number of esters is 1. The van der Waals surface area contributed by atoms with Crippen LogP contribution in [0.4, 0.5) is 4.79 Å². The average Bonchev–Trinajstić information content (AvgIpc) is 3.53. The van der Waals surface area contributed by atoms with Crippen molar-refractivity contribution in [2.24, 2.45) is 0 Å². The Morgan fingerprint density at radius 2 is 1.84 bits per heavy atom. The van der Waals surface area contributed by atoms with Crippen molar-refractivity contribution >= 4 is 35.0 Å². The Morgan fingerprint density at radius 1 is 0.974 bits per heavy atom. The van der Waals surface area contributed by atoms with Gasteiger partial charge in [0.2, 0.25) is 5.89 Å². The van der Waals surface area contributed by atoms with Crippen molar-refractivity contribution in [2.75, 3.05) is 7.11 Å². The summed E-state index contributed by atoms with van der Waals surface area (Å²) >= 11 is 0. The van der Waals surface area contributed by atoms with Gasteiger partial charge in [0.05, 0.1) is 7.11 Å². The van der Waals surface area contributed by atoms with Crippen LogP contribution in [0.25, 0.3) is 22.9 Å². The molecule has 1 saturated heterocycles. The number of amides is 1. The maximum Gasteiger partial charge on any atom is 0.415 e. The zero-order valence-electron chi connectivity index (χ0n) is 21.0. The van der Waals surface area contributed by atoms with Crippen LogP contribution < -0.4 is 14.8 Å². The smallest absolute Gasteiger partial charge is 0.415 e. The number of aryl methyl sites for hydroxylation is 1. The van der Waals surface area contributed by atoms with E-state index in [4.69, 9.17) is 13.9 Å². The van der Waals surface area contributed by atoms with E-state index >= 15 is 0 Å². The number of alkyl carbamates (subject to hydrolysis) is 1. The fraction of sp³-hybridized carbons (Fsp3) is 0.233.